The monoisotopic (exact) mass is 409 g/mol. The van der Waals surface area contributed by atoms with Crippen LogP contribution in [0.2, 0.25) is 0 Å². The smallest absolute Gasteiger partial charge is 0.265 e. The molecule has 2 aliphatic rings. The first kappa shape index (κ1) is 22.2. The average Bonchev–Trinajstić information content (AvgIpc) is 2.68. The van der Waals surface area contributed by atoms with E-state index >= 15 is 0 Å². The van der Waals surface area contributed by atoms with E-state index in [1.54, 1.807) is 25.1 Å². The van der Waals surface area contributed by atoms with Crippen LogP contribution in [0.25, 0.3) is 0 Å². The van der Waals surface area contributed by atoms with Crippen LogP contribution in [0.15, 0.2) is 18.2 Å². The molecule has 3 rings (SSSR count). The Labute approximate surface area is 171 Å². The van der Waals surface area contributed by atoms with E-state index in [1.165, 1.54) is 0 Å². The number of likely N-dealkylation sites (tertiary alicyclic amines) is 1. The van der Waals surface area contributed by atoms with Gasteiger partial charge in [0.05, 0.1) is 5.69 Å². The number of hydrogen-bond acceptors (Lipinski definition) is 5. The first-order chi connectivity index (χ1) is 13.0. The second kappa shape index (κ2) is 9.89. The van der Waals surface area contributed by atoms with E-state index in [2.05, 4.69) is 10.6 Å². The van der Waals surface area contributed by atoms with Crippen LogP contribution in [-0.4, -0.2) is 55.3 Å². The number of carbonyl (C=O) groups excluding carboxylic acids is 3. The predicted octanol–water partition coefficient (Wildman–Crippen LogP) is 2.25. The fourth-order valence-corrected chi connectivity index (χ4v) is 3.56. The van der Waals surface area contributed by atoms with Crippen molar-refractivity contribution in [2.45, 2.75) is 38.7 Å². The van der Waals surface area contributed by atoms with Crippen LogP contribution < -0.4 is 15.4 Å². The van der Waals surface area contributed by atoms with Gasteiger partial charge in [0, 0.05) is 31.0 Å². The van der Waals surface area contributed by atoms with Gasteiger partial charge in [-0.3, -0.25) is 14.4 Å². The lowest BCUT2D eigenvalue weighted by Gasteiger charge is -2.31. The molecule has 1 aromatic rings. The highest BCUT2D eigenvalue weighted by Crippen LogP contribution is 2.32. The summed E-state index contributed by atoms with van der Waals surface area (Å²) in [7, 11) is 1.88. The Morgan fingerprint density at radius 3 is 2.68 bits per heavy atom. The fraction of sp³-hybridized carbons (Fsp3) is 0.550. The summed E-state index contributed by atoms with van der Waals surface area (Å²) >= 11 is 0. The van der Waals surface area contributed by atoms with E-state index in [0.29, 0.717) is 49.4 Å². The third-order valence-electron chi connectivity index (χ3n) is 5.23. The number of amides is 2. The number of piperidine rings is 1. The normalized spacial score (nSPS) is 19.1. The van der Waals surface area contributed by atoms with E-state index in [9.17, 15) is 14.4 Å². The van der Waals surface area contributed by atoms with Gasteiger partial charge in [-0.1, -0.05) is 0 Å². The van der Waals surface area contributed by atoms with Crippen LogP contribution in [0.1, 0.15) is 43.0 Å². The quantitative estimate of drug-likeness (QED) is 0.555. The summed E-state index contributed by atoms with van der Waals surface area (Å²) in [5, 5.41) is 5.82. The molecule has 0 aliphatic carbocycles. The molecule has 28 heavy (non-hydrogen) atoms. The zero-order chi connectivity index (χ0) is 19.4. The van der Waals surface area contributed by atoms with Crippen LogP contribution in [0.4, 0.5) is 5.69 Å². The Hall–Kier alpha value is -2.12. The molecule has 0 radical (unpaired) electrons. The van der Waals surface area contributed by atoms with Gasteiger partial charge in [-0.05, 0) is 58.0 Å². The second-order valence-electron chi connectivity index (χ2n) is 7.19. The molecule has 8 heteroatoms. The molecule has 2 heterocycles. The van der Waals surface area contributed by atoms with Crippen molar-refractivity contribution in [2.75, 3.05) is 32.0 Å². The van der Waals surface area contributed by atoms with Gasteiger partial charge in [0.2, 0.25) is 5.91 Å². The molecule has 1 saturated heterocycles. The number of anilines is 1. The fourth-order valence-electron chi connectivity index (χ4n) is 3.56. The summed E-state index contributed by atoms with van der Waals surface area (Å²) in [6, 6.07) is 5.18. The lowest BCUT2D eigenvalue weighted by Crippen LogP contribution is -2.40. The number of ketones is 1. The average molecular weight is 410 g/mol. The Kier molecular flexibility index (Phi) is 7.83. The summed E-state index contributed by atoms with van der Waals surface area (Å²) < 4.78 is 5.53. The Balaban J connectivity index is 0.00000280. The summed E-state index contributed by atoms with van der Waals surface area (Å²) in [5.74, 6) is 0.508. The molecule has 2 aliphatic heterocycles. The van der Waals surface area contributed by atoms with E-state index in [0.717, 1.165) is 13.0 Å². The van der Waals surface area contributed by atoms with E-state index in [-0.39, 0.29) is 35.9 Å². The number of nitrogens with zero attached hydrogens (tertiary/aromatic N) is 1. The number of carbonyl (C=O) groups is 3. The highest BCUT2D eigenvalue weighted by Gasteiger charge is 2.29. The Morgan fingerprint density at radius 2 is 2.00 bits per heavy atom. The molecule has 0 aromatic heterocycles. The van der Waals surface area contributed by atoms with Gasteiger partial charge in [-0.25, -0.2) is 0 Å². The van der Waals surface area contributed by atoms with E-state index in [1.807, 2.05) is 11.9 Å². The van der Waals surface area contributed by atoms with E-state index in [4.69, 9.17) is 4.74 Å². The molecule has 0 saturated carbocycles. The molecular weight excluding hydrogens is 382 g/mol. The Morgan fingerprint density at radius 1 is 1.29 bits per heavy atom. The van der Waals surface area contributed by atoms with Gasteiger partial charge >= 0.3 is 0 Å². The first-order valence-corrected chi connectivity index (χ1v) is 9.57. The highest BCUT2D eigenvalue weighted by atomic mass is 35.5. The van der Waals surface area contributed by atoms with Gasteiger partial charge < -0.3 is 20.3 Å². The van der Waals surface area contributed by atoms with Crippen molar-refractivity contribution in [1.82, 2.24) is 10.2 Å². The molecule has 2 amide bonds. The molecule has 1 fully saturated rings. The van der Waals surface area contributed by atoms with Crippen molar-refractivity contribution in [3.63, 3.8) is 0 Å². The van der Waals surface area contributed by atoms with Crippen molar-refractivity contribution in [3.05, 3.63) is 23.8 Å². The first-order valence-electron chi connectivity index (χ1n) is 9.57. The molecular formula is C20H28ClN3O4. The molecule has 154 valence electrons. The number of Topliss-reactive ketones (excluding diaryl/α,β-unsaturated/α-hetero) is 1. The number of halogens is 1. The second-order valence-corrected chi connectivity index (χ2v) is 7.19. The summed E-state index contributed by atoms with van der Waals surface area (Å²) in [4.78, 5) is 38.7. The van der Waals surface area contributed by atoms with Gasteiger partial charge in [-0.2, -0.15) is 0 Å². The minimum absolute atomic E-state index is 0. The summed E-state index contributed by atoms with van der Waals surface area (Å²) in [5.41, 5.74) is 1.12. The molecule has 7 nitrogen and oxygen atoms in total. The van der Waals surface area contributed by atoms with Crippen molar-refractivity contribution in [3.8, 4) is 5.75 Å². The van der Waals surface area contributed by atoms with Crippen LogP contribution in [0, 0.1) is 5.92 Å². The Bertz CT molecular complexity index is 732. The minimum Gasteiger partial charge on any atom is -0.479 e. The zero-order valence-electron chi connectivity index (χ0n) is 16.3. The number of fused-ring (bicyclic) bond motifs is 1. The zero-order valence-corrected chi connectivity index (χ0v) is 17.1. The van der Waals surface area contributed by atoms with E-state index < -0.39 is 6.10 Å². The third-order valence-corrected chi connectivity index (χ3v) is 5.23. The lowest BCUT2D eigenvalue weighted by atomic mass is 9.88. The maximum Gasteiger partial charge on any atom is 0.265 e. The topological polar surface area (TPSA) is 87.7 Å². The van der Waals surface area contributed by atoms with Crippen molar-refractivity contribution in [1.29, 1.82) is 0 Å². The SMILES string of the molecule is CNCCCC(=O)N1CCC(C(=O)c2ccc3c(c2)NC(=O)C(C)O3)CC1.Cl. The van der Waals surface area contributed by atoms with Gasteiger partial charge in [0.25, 0.3) is 5.91 Å². The minimum atomic E-state index is -0.533. The standard InChI is InChI=1S/C20H27N3O4.ClH/c1-13-20(26)22-16-12-15(5-6-17(16)27-13)19(25)14-7-10-23(11-8-14)18(24)4-3-9-21-2;/h5-6,12-14,21H,3-4,7-11H2,1-2H3,(H,22,26);1H. The maximum atomic E-state index is 12.9. The molecule has 1 aromatic carbocycles. The molecule has 0 bridgehead atoms. The van der Waals surface area contributed by atoms with Crippen molar-refractivity contribution < 1.29 is 19.1 Å². The van der Waals surface area contributed by atoms with Gasteiger partial charge in [0.1, 0.15) is 5.75 Å². The third kappa shape index (κ3) is 5.02. The molecule has 2 N–H and O–H groups in total. The van der Waals surface area contributed by atoms with Crippen LogP contribution in [0.3, 0.4) is 0 Å². The maximum absolute atomic E-state index is 12.9. The predicted molar refractivity (Wildman–Crippen MR) is 109 cm³/mol. The largest absolute Gasteiger partial charge is 0.479 e. The molecule has 1 atom stereocenters. The number of hydrogen-bond donors (Lipinski definition) is 2. The number of ether oxygens (including phenoxy) is 1. The van der Waals surface area contributed by atoms with Gasteiger partial charge in [0.15, 0.2) is 11.9 Å². The number of benzene rings is 1. The number of rotatable bonds is 6. The van der Waals surface area contributed by atoms with Crippen molar-refractivity contribution in [2.24, 2.45) is 5.92 Å². The molecule has 1 unspecified atom stereocenters. The molecule has 0 spiro atoms. The van der Waals surface area contributed by atoms with Crippen molar-refractivity contribution >= 4 is 35.7 Å². The van der Waals surface area contributed by atoms with Crippen LogP contribution in [0.5, 0.6) is 5.75 Å². The summed E-state index contributed by atoms with van der Waals surface area (Å²) in [6.07, 6.45) is 2.19. The summed E-state index contributed by atoms with van der Waals surface area (Å²) in [6.45, 7) is 3.76. The van der Waals surface area contributed by atoms with Crippen LogP contribution >= 0.6 is 12.4 Å². The van der Waals surface area contributed by atoms with Crippen LogP contribution in [-0.2, 0) is 9.59 Å². The lowest BCUT2D eigenvalue weighted by molar-refractivity contribution is -0.132. The number of nitrogens with one attached hydrogen (secondary N) is 2. The highest BCUT2D eigenvalue weighted by molar-refractivity contribution is 6.02. The van der Waals surface area contributed by atoms with Gasteiger partial charge in [-0.15, -0.1) is 12.4 Å².